The molecular weight excluding hydrogens is 304 g/mol. The highest BCUT2D eigenvalue weighted by atomic mass is 16.5. The van der Waals surface area contributed by atoms with E-state index in [1.807, 2.05) is 24.9 Å². The molecule has 1 aliphatic rings. The van der Waals surface area contributed by atoms with Gasteiger partial charge in [0.05, 0.1) is 16.6 Å². The topological polar surface area (TPSA) is 71.3 Å². The van der Waals surface area contributed by atoms with Crippen LogP contribution in [0, 0.1) is 12.8 Å². The highest BCUT2D eigenvalue weighted by molar-refractivity contribution is 6.06. The maximum atomic E-state index is 13.2. The van der Waals surface area contributed by atoms with E-state index in [0.29, 0.717) is 17.2 Å². The summed E-state index contributed by atoms with van der Waals surface area (Å²) < 4.78 is 5.39. The van der Waals surface area contributed by atoms with Crippen molar-refractivity contribution in [2.45, 2.75) is 39.5 Å². The summed E-state index contributed by atoms with van der Waals surface area (Å²) in [6.07, 6.45) is 2.21. The Hall–Kier alpha value is -1.95. The van der Waals surface area contributed by atoms with Crippen LogP contribution >= 0.6 is 0 Å². The first kappa shape index (κ1) is 16.9. The van der Waals surface area contributed by atoms with Crippen LogP contribution in [0.5, 0.6) is 0 Å². The predicted octanol–water partition coefficient (Wildman–Crippen LogP) is 2.73. The van der Waals surface area contributed by atoms with Gasteiger partial charge in [0.15, 0.2) is 0 Å². The van der Waals surface area contributed by atoms with Crippen molar-refractivity contribution in [1.82, 2.24) is 20.4 Å². The first-order chi connectivity index (χ1) is 11.5. The highest BCUT2D eigenvalue weighted by Gasteiger charge is 2.28. The molecule has 0 bridgehead atoms. The van der Waals surface area contributed by atoms with Crippen molar-refractivity contribution in [3.8, 4) is 0 Å². The Balaban J connectivity index is 1.98. The number of nitrogens with one attached hydrogen (secondary N) is 1. The summed E-state index contributed by atoms with van der Waals surface area (Å²) in [5.74, 6) is 0.760. The number of aryl methyl sites for hydroxylation is 1. The van der Waals surface area contributed by atoms with Crippen LogP contribution in [0.4, 0.5) is 0 Å². The molecule has 3 heterocycles. The minimum atomic E-state index is 0.0661. The molecule has 0 aliphatic carbocycles. The fraction of sp³-hybridized carbons (Fsp3) is 0.611. The molecule has 1 saturated heterocycles. The average molecular weight is 330 g/mol. The lowest BCUT2D eigenvalue weighted by molar-refractivity contribution is 0.0676. The number of aromatic nitrogens is 2. The number of hydrogen-bond acceptors (Lipinski definition) is 5. The van der Waals surface area contributed by atoms with Gasteiger partial charge >= 0.3 is 0 Å². The van der Waals surface area contributed by atoms with Crippen molar-refractivity contribution in [3.63, 3.8) is 0 Å². The molecule has 1 aliphatic heterocycles. The zero-order valence-electron chi connectivity index (χ0n) is 14.9. The van der Waals surface area contributed by atoms with Crippen molar-refractivity contribution >= 4 is 17.0 Å². The number of rotatable bonds is 4. The lowest BCUT2D eigenvalue weighted by Gasteiger charge is -2.33. The number of hydrogen-bond donors (Lipinski definition) is 1. The fourth-order valence-corrected chi connectivity index (χ4v) is 3.53. The second kappa shape index (κ2) is 6.89. The summed E-state index contributed by atoms with van der Waals surface area (Å²) in [7, 11) is 1.96. The summed E-state index contributed by atoms with van der Waals surface area (Å²) >= 11 is 0. The fourth-order valence-electron chi connectivity index (χ4n) is 3.53. The van der Waals surface area contributed by atoms with Gasteiger partial charge in [0.1, 0.15) is 0 Å². The van der Waals surface area contributed by atoms with E-state index in [4.69, 9.17) is 4.52 Å². The van der Waals surface area contributed by atoms with Crippen LogP contribution in [-0.4, -0.2) is 47.6 Å². The Morgan fingerprint density at radius 1 is 1.50 bits per heavy atom. The quantitative estimate of drug-likeness (QED) is 0.933. The molecule has 0 saturated carbocycles. The summed E-state index contributed by atoms with van der Waals surface area (Å²) in [4.78, 5) is 19.6. The van der Waals surface area contributed by atoms with Gasteiger partial charge in [0.2, 0.25) is 0 Å². The molecule has 1 N–H and O–H groups in total. The van der Waals surface area contributed by atoms with Crippen LogP contribution in [0.15, 0.2) is 10.6 Å². The Kier molecular flexibility index (Phi) is 4.85. The number of nitrogens with zero attached hydrogens (tertiary/aromatic N) is 3. The maximum absolute atomic E-state index is 13.2. The molecular formula is C18H26N4O2. The molecule has 0 radical (unpaired) electrons. The molecule has 2 aromatic rings. The van der Waals surface area contributed by atoms with Crippen LogP contribution in [0.2, 0.25) is 0 Å². The number of carbonyl (C=O) groups is 1. The van der Waals surface area contributed by atoms with Crippen LogP contribution < -0.4 is 5.32 Å². The SMILES string of the molecule is CNCC1CCCN(C(=O)c2cc(C)nc3onc(C(C)C)c23)C1. The van der Waals surface area contributed by atoms with E-state index in [1.165, 1.54) is 6.42 Å². The molecule has 24 heavy (non-hydrogen) atoms. The Bertz CT molecular complexity index is 736. The molecule has 1 unspecified atom stereocenters. The number of likely N-dealkylation sites (tertiary alicyclic amines) is 1. The smallest absolute Gasteiger partial charge is 0.259 e. The second-order valence-corrected chi connectivity index (χ2v) is 7.03. The predicted molar refractivity (Wildman–Crippen MR) is 93.2 cm³/mol. The molecule has 2 aromatic heterocycles. The Morgan fingerprint density at radius 3 is 3.00 bits per heavy atom. The lowest BCUT2D eigenvalue weighted by atomic mass is 9.96. The van der Waals surface area contributed by atoms with Gasteiger partial charge in [-0.2, -0.15) is 0 Å². The lowest BCUT2D eigenvalue weighted by Crippen LogP contribution is -2.42. The van der Waals surface area contributed by atoms with E-state index in [2.05, 4.69) is 29.3 Å². The van der Waals surface area contributed by atoms with Crippen molar-refractivity contribution in [3.05, 3.63) is 23.0 Å². The molecule has 1 amide bonds. The van der Waals surface area contributed by atoms with Gasteiger partial charge in [-0.25, -0.2) is 4.98 Å². The summed E-state index contributed by atoms with van der Waals surface area (Å²) in [6, 6.07) is 1.87. The van der Waals surface area contributed by atoms with Gasteiger partial charge in [-0.15, -0.1) is 0 Å². The van der Waals surface area contributed by atoms with Crippen molar-refractivity contribution in [1.29, 1.82) is 0 Å². The van der Waals surface area contributed by atoms with E-state index in [0.717, 1.165) is 42.8 Å². The summed E-state index contributed by atoms with van der Waals surface area (Å²) in [5.41, 5.74) is 2.73. The standard InChI is InChI=1S/C18H26N4O2/c1-11(2)16-15-14(8-12(3)20-17(15)24-21-16)18(23)22-7-5-6-13(10-22)9-19-4/h8,11,13,19H,5-7,9-10H2,1-4H3. The summed E-state index contributed by atoms with van der Waals surface area (Å²) in [6.45, 7) is 8.53. The van der Waals surface area contributed by atoms with Crippen molar-refractivity contribution in [2.24, 2.45) is 5.92 Å². The minimum Gasteiger partial charge on any atom is -0.338 e. The van der Waals surface area contributed by atoms with Crippen LogP contribution in [0.25, 0.3) is 11.1 Å². The zero-order chi connectivity index (χ0) is 17.3. The second-order valence-electron chi connectivity index (χ2n) is 7.03. The van der Waals surface area contributed by atoms with E-state index in [-0.39, 0.29) is 11.8 Å². The number of fused-ring (bicyclic) bond motifs is 1. The van der Waals surface area contributed by atoms with Gasteiger partial charge in [-0.05, 0) is 51.3 Å². The van der Waals surface area contributed by atoms with Crippen LogP contribution in [-0.2, 0) is 0 Å². The normalized spacial score (nSPS) is 18.5. The number of carbonyl (C=O) groups excluding carboxylic acids is 1. The van der Waals surface area contributed by atoms with Crippen molar-refractivity contribution < 1.29 is 9.32 Å². The molecule has 6 heteroatoms. The number of amides is 1. The molecule has 130 valence electrons. The zero-order valence-corrected chi connectivity index (χ0v) is 14.9. The maximum Gasteiger partial charge on any atom is 0.259 e. The molecule has 0 aromatic carbocycles. The van der Waals surface area contributed by atoms with Crippen LogP contribution in [0.3, 0.4) is 0 Å². The third-order valence-corrected chi connectivity index (χ3v) is 4.68. The van der Waals surface area contributed by atoms with Gasteiger partial charge in [0.25, 0.3) is 11.6 Å². The van der Waals surface area contributed by atoms with Gasteiger partial charge in [0, 0.05) is 18.8 Å². The first-order valence-electron chi connectivity index (χ1n) is 8.72. The van der Waals surface area contributed by atoms with E-state index >= 15 is 0 Å². The molecule has 1 atom stereocenters. The summed E-state index contributed by atoms with van der Waals surface area (Å²) in [5, 5.41) is 8.15. The van der Waals surface area contributed by atoms with Gasteiger partial charge < -0.3 is 14.7 Å². The molecule has 6 nitrogen and oxygen atoms in total. The van der Waals surface area contributed by atoms with E-state index < -0.39 is 0 Å². The average Bonchev–Trinajstić information content (AvgIpc) is 2.98. The third kappa shape index (κ3) is 3.15. The van der Waals surface area contributed by atoms with Gasteiger partial charge in [-0.3, -0.25) is 4.79 Å². The third-order valence-electron chi connectivity index (χ3n) is 4.68. The molecule has 1 fully saturated rings. The minimum absolute atomic E-state index is 0.0661. The van der Waals surface area contributed by atoms with E-state index in [9.17, 15) is 4.79 Å². The largest absolute Gasteiger partial charge is 0.338 e. The monoisotopic (exact) mass is 330 g/mol. The number of pyridine rings is 1. The Morgan fingerprint density at radius 2 is 2.29 bits per heavy atom. The number of piperidine rings is 1. The highest BCUT2D eigenvalue weighted by Crippen LogP contribution is 2.29. The molecule has 0 spiro atoms. The van der Waals surface area contributed by atoms with Crippen LogP contribution in [0.1, 0.15) is 54.4 Å². The Labute approximate surface area is 142 Å². The first-order valence-corrected chi connectivity index (χ1v) is 8.72. The van der Waals surface area contributed by atoms with Gasteiger partial charge in [-0.1, -0.05) is 19.0 Å². The van der Waals surface area contributed by atoms with Crippen molar-refractivity contribution in [2.75, 3.05) is 26.7 Å². The molecule has 3 rings (SSSR count). The van der Waals surface area contributed by atoms with E-state index in [1.54, 1.807) is 0 Å².